The highest BCUT2D eigenvalue weighted by molar-refractivity contribution is 5.73. The van der Waals surface area contributed by atoms with Crippen molar-refractivity contribution in [3.05, 3.63) is 0 Å². The molecule has 0 saturated carbocycles. The Kier molecular flexibility index (Phi) is 5.03. The third kappa shape index (κ3) is 4.49. The van der Waals surface area contributed by atoms with Crippen LogP contribution in [0.5, 0.6) is 0 Å². The topological polar surface area (TPSA) is 62.8 Å². The van der Waals surface area contributed by atoms with Crippen molar-refractivity contribution in [3.8, 4) is 0 Å². The molecule has 2 heterocycles. The first-order valence-electron chi connectivity index (χ1n) is 6.31. The summed E-state index contributed by atoms with van der Waals surface area (Å²) in [6.07, 6.45) is 1.84. The van der Waals surface area contributed by atoms with Gasteiger partial charge >= 0.3 is 6.03 Å². The third-order valence-corrected chi connectivity index (χ3v) is 3.04. The maximum Gasteiger partial charge on any atom is 0.316 e. The molecule has 2 aliphatic heterocycles. The number of urea groups is 1. The molecule has 98 valence electrons. The van der Waals surface area contributed by atoms with Gasteiger partial charge in [-0.15, -0.1) is 0 Å². The molecular weight excluding hydrogens is 222 g/mol. The van der Waals surface area contributed by atoms with E-state index in [1.54, 1.807) is 0 Å². The van der Waals surface area contributed by atoms with E-state index < -0.39 is 0 Å². The molecule has 1 unspecified atom stereocenters. The molecule has 6 nitrogen and oxygen atoms in total. The lowest BCUT2D eigenvalue weighted by molar-refractivity contribution is 0.0386. The highest BCUT2D eigenvalue weighted by Gasteiger charge is 2.17. The van der Waals surface area contributed by atoms with Crippen molar-refractivity contribution in [3.63, 3.8) is 0 Å². The molecule has 0 bridgehead atoms. The minimum Gasteiger partial charge on any atom is -0.379 e. The SMILES string of the molecule is O=C(NCCN1CCOCC1)NC1CCCO1. The summed E-state index contributed by atoms with van der Waals surface area (Å²) in [7, 11) is 0. The first-order valence-corrected chi connectivity index (χ1v) is 6.31. The fourth-order valence-corrected chi connectivity index (χ4v) is 2.04. The Bertz CT molecular complexity index is 238. The second-order valence-electron chi connectivity index (χ2n) is 4.36. The summed E-state index contributed by atoms with van der Waals surface area (Å²) in [5.41, 5.74) is 0. The van der Waals surface area contributed by atoms with Crippen molar-refractivity contribution in [1.82, 2.24) is 15.5 Å². The van der Waals surface area contributed by atoms with Crippen LogP contribution in [0, 0.1) is 0 Å². The quantitative estimate of drug-likeness (QED) is 0.715. The molecule has 2 N–H and O–H groups in total. The normalized spacial score (nSPS) is 25.8. The van der Waals surface area contributed by atoms with E-state index in [4.69, 9.17) is 9.47 Å². The maximum atomic E-state index is 11.5. The Hall–Kier alpha value is -0.850. The van der Waals surface area contributed by atoms with E-state index in [0.29, 0.717) is 6.54 Å². The summed E-state index contributed by atoms with van der Waals surface area (Å²) in [4.78, 5) is 13.8. The van der Waals surface area contributed by atoms with Crippen LogP contribution in [-0.4, -0.2) is 63.2 Å². The van der Waals surface area contributed by atoms with Gasteiger partial charge in [0.2, 0.25) is 0 Å². The molecule has 0 aromatic carbocycles. The molecule has 0 spiro atoms. The number of nitrogens with one attached hydrogen (secondary N) is 2. The molecule has 17 heavy (non-hydrogen) atoms. The lowest BCUT2D eigenvalue weighted by Crippen LogP contribution is -2.46. The molecule has 1 atom stereocenters. The van der Waals surface area contributed by atoms with E-state index in [-0.39, 0.29) is 12.3 Å². The number of rotatable bonds is 4. The lowest BCUT2D eigenvalue weighted by atomic mass is 10.3. The van der Waals surface area contributed by atoms with Crippen LogP contribution in [0.15, 0.2) is 0 Å². The number of nitrogens with zero attached hydrogens (tertiary/aromatic N) is 1. The molecule has 0 aromatic heterocycles. The van der Waals surface area contributed by atoms with E-state index in [1.807, 2.05) is 0 Å². The summed E-state index contributed by atoms with van der Waals surface area (Å²) in [5, 5.41) is 5.65. The van der Waals surface area contributed by atoms with Gasteiger partial charge in [-0.25, -0.2) is 4.79 Å². The van der Waals surface area contributed by atoms with E-state index >= 15 is 0 Å². The van der Waals surface area contributed by atoms with Gasteiger partial charge in [0.05, 0.1) is 13.2 Å². The number of hydrogen-bond donors (Lipinski definition) is 2. The van der Waals surface area contributed by atoms with Gasteiger partial charge in [0.25, 0.3) is 0 Å². The van der Waals surface area contributed by atoms with Crippen molar-refractivity contribution in [2.75, 3.05) is 46.0 Å². The Morgan fingerprint density at radius 2 is 2.12 bits per heavy atom. The number of carbonyl (C=O) groups is 1. The molecule has 2 amide bonds. The fraction of sp³-hybridized carbons (Fsp3) is 0.909. The van der Waals surface area contributed by atoms with E-state index in [2.05, 4.69) is 15.5 Å². The summed E-state index contributed by atoms with van der Waals surface area (Å²) in [5.74, 6) is 0. The van der Waals surface area contributed by atoms with Gasteiger partial charge in [-0.3, -0.25) is 4.90 Å². The lowest BCUT2D eigenvalue weighted by Gasteiger charge is -2.26. The largest absolute Gasteiger partial charge is 0.379 e. The van der Waals surface area contributed by atoms with Crippen LogP contribution in [-0.2, 0) is 9.47 Å². The van der Waals surface area contributed by atoms with E-state index in [0.717, 1.165) is 52.3 Å². The molecule has 2 aliphatic rings. The summed E-state index contributed by atoms with van der Waals surface area (Å²) < 4.78 is 10.6. The van der Waals surface area contributed by atoms with Gasteiger partial charge < -0.3 is 20.1 Å². The summed E-state index contributed by atoms with van der Waals surface area (Å²) >= 11 is 0. The first-order chi connectivity index (χ1) is 8.34. The zero-order valence-electron chi connectivity index (χ0n) is 10.1. The van der Waals surface area contributed by atoms with Crippen LogP contribution >= 0.6 is 0 Å². The number of ether oxygens (including phenoxy) is 2. The van der Waals surface area contributed by atoms with Gasteiger partial charge in [-0.1, -0.05) is 0 Å². The van der Waals surface area contributed by atoms with Gasteiger partial charge in [-0.2, -0.15) is 0 Å². The summed E-state index contributed by atoms with van der Waals surface area (Å²) in [6, 6.07) is -0.134. The van der Waals surface area contributed by atoms with Crippen molar-refractivity contribution in [2.45, 2.75) is 19.1 Å². The van der Waals surface area contributed by atoms with Crippen LogP contribution in [0.25, 0.3) is 0 Å². The highest BCUT2D eigenvalue weighted by Crippen LogP contribution is 2.08. The predicted molar refractivity (Wildman–Crippen MR) is 62.8 cm³/mol. The molecule has 0 radical (unpaired) electrons. The number of carbonyl (C=O) groups excluding carboxylic acids is 1. The van der Waals surface area contributed by atoms with Gasteiger partial charge in [0, 0.05) is 32.8 Å². The first kappa shape index (κ1) is 12.6. The van der Waals surface area contributed by atoms with Crippen molar-refractivity contribution >= 4 is 6.03 Å². The number of amides is 2. The van der Waals surface area contributed by atoms with Crippen molar-refractivity contribution < 1.29 is 14.3 Å². The molecular formula is C11H21N3O3. The van der Waals surface area contributed by atoms with Crippen LogP contribution in [0.1, 0.15) is 12.8 Å². The Morgan fingerprint density at radius 1 is 1.29 bits per heavy atom. The van der Waals surface area contributed by atoms with Crippen LogP contribution in [0.2, 0.25) is 0 Å². The van der Waals surface area contributed by atoms with Gasteiger partial charge in [-0.05, 0) is 12.8 Å². The fourth-order valence-electron chi connectivity index (χ4n) is 2.04. The standard InChI is InChI=1S/C11H21N3O3/c15-11(13-10-2-1-7-17-10)12-3-4-14-5-8-16-9-6-14/h10H,1-9H2,(H2,12,13,15). The maximum absolute atomic E-state index is 11.5. The second-order valence-corrected chi connectivity index (χ2v) is 4.36. The number of morpholine rings is 1. The minimum atomic E-state index is -0.134. The highest BCUT2D eigenvalue weighted by atomic mass is 16.5. The average molecular weight is 243 g/mol. The smallest absolute Gasteiger partial charge is 0.316 e. The molecule has 2 saturated heterocycles. The van der Waals surface area contributed by atoms with Gasteiger partial charge in [0.15, 0.2) is 0 Å². The molecule has 2 fully saturated rings. The average Bonchev–Trinajstić information content (AvgIpc) is 2.83. The van der Waals surface area contributed by atoms with Crippen LogP contribution in [0.3, 0.4) is 0 Å². The molecule has 2 rings (SSSR count). The minimum absolute atomic E-state index is 0.0987. The van der Waals surface area contributed by atoms with Crippen molar-refractivity contribution in [1.29, 1.82) is 0 Å². The monoisotopic (exact) mass is 243 g/mol. The van der Waals surface area contributed by atoms with E-state index in [1.165, 1.54) is 0 Å². The van der Waals surface area contributed by atoms with Crippen LogP contribution in [0.4, 0.5) is 4.79 Å². The third-order valence-electron chi connectivity index (χ3n) is 3.04. The second kappa shape index (κ2) is 6.78. The summed E-state index contributed by atoms with van der Waals surface area (Å²) in [6.45, 7) is 5.79. The molecule has 6 heteroatoms. The Labute approximate surface area is 102 Å². The van der Waals surface area contributed by atoms with Crippen LogP contribution < -0.4 is 10.6 Å². The Balaban J connectivity index is 1.53. The van der Waals surface area contributed by atoms with Gasteiger partial charge in [0.1, 0.15) is 6.23 Å². The zero-order chi connectivity index (χ0) is 11.9. The van der Waals surface area contributed by atoms with E-state index in [9.17, 15) is 4.79 Å². The number of hydrogen-bond acceptors (Lipinski definition) is 4. The zero-order valence-corrected chi connectivity index (χ0v) is 10.1. The van der Waals surface area contributed by atoms with Crippen molar-refractivity contribution in [2.24, 2.45) is 0 Å². The molecule has 0 aromatic rings. The molecule has 0 aliphatic carbocycles. The predicted octanol–water partition coefficient (Wildman–Crippen LogP) is -0.246. The Morgan fingerprint density at radius 3 is 2.82 bits per heavy atom.